The predicted octanol–water partition coefficient (Wildman–Crippen LogP) is 3.65. The Morgan fingerprint density at radius 2 is 2.05 bits per heavy atom. The third kappa shape index (κ3) is 2.11. The molecule has 0 aliphatic carbocycles. The number of aromatic nitrogens is 4. The molecule has 0 atom stereocenters. The lowest BCUT2D eigenvalue weighted by atomic mass is 10.2. The second-order valence-electron chi connectivity index (χ2n) is 3.97. The molecule has 0 radical (unpaired) electrons. The van der Waals surface area contributed by atoms with Crippen molar-refractivity contribution in [3.8, 4) is 11.4 Å². The van der Waals surface area contributed by atoms with Crippen LogP contribution in [0.5, 0.6) is 0 Å². The number of benzene rings is 1. The number of hydrogen-bond donors (Lipinski definition) is 0. The summed E-state index contributed by atoms with van der Waals surface area (Å²) in [6, 6.07) is 6.30. The SMILES string of the molecule is Cc1nc(Cl)cc2nnc(-c3ccc(F)c(Br)c3)n12. The van der Waals surface area contributed by atoms with Crippen LogP contribution in [0.15, 0.2) is 28.7 Å². The molecule has 0 unspecified atom stereocenters. The van der Waals surface area contributed by atoms with E-state index in [1.165, 1.54) is 6.07 Å². The fourth-order valence-corrected chi connectivity index (χ4v) is 2.47. The standard InChI is InChI=1S/C12H7BrClFN4/c1-6-16-10(14)5-11-17-18-12(19(6)11)7-2-3-9(15)8(13)4-7/h2-5H,1H3. The molecule has 7 heteroatoms. The average molecular weight is 342 g/mol. The van der Waals surface area contributed by atoms with E-state index in [0.717, 1.165) is 5.56 Å². The molecule has 2 heterocycles. The summed E-state index contributed by atoms with van der Waals surface area (Å²) >= 11 is 9.03. The van der Waals surface area contributed by atoms with Crippen LogP contribution < -0.4 is 0 Å². The van der Waals surface area contributed by atoms with Crippen molar-refractivity contribution in [1.82, 2.24) is 19.6 Å². The molecule has 19 heavy (non-hydrogen) atoms. The first-order valence-corrected chi connectivity index (χ1v) is 6.57. The van der Waals surface area contributed by atoms with E-state index in [1.807, 2.05) is 6.92 Å². The molecule has 3 rings (SSSR count). The number of aryl methyl sites for hydroxylation is 1. The monoisotopic (exact) mass is 340 g/mol. The summed E-state index contributed by atoms with van der Waals surface area (Å²) in [5, 5.41) is 8.52. The van der Waals surface area contributed by atoms with Crippen LogP contribution in [-0.4, -0.2) is 19.6 Å². The van der Waals surface area contributed by atoms with Crippen LogP contribution in [0.4, 0.5) is 4.39 Å². The second kappa shape index (κ2) is 4.54. The summed E-state index contributed by atoms with van der Waals surface area (Å²) in [4.78, 5) is 4.16. The molecule has 0 aliphatic rings. The lowest BCUT2D eigenvalue weighted by Crippen LogP contribution is -1.98. The smallest absolute Gasteiger partial charge is 0.169 e. The molecule has 0 aliphatic heterocycles. The van der Waals surface area contributed by atoms with Gasteiger partial charge in [-0.15, -0.1) is 10.2 Å². The summed E-state index contributed by atoms with van der Waals surface area (Å²) in [6.07, 6.45) is 0. The van der Waals surface area contributed by atoms with Crippen molar-refractivity contribution >= 4 is 33.2 Å². The summed E-state index contributed by atoms with van der Waals surface area (Å²) in [6.45, 7) is 1.81. The summed E-state index contributed by atoms with van der Waals surface area (Å²) in [5.41, 5.74) is 1.35. The van der Waals surface area contributed by atoms with Crippen LogP contribution in [0.2, 0.25) is 5.15 Å². The fraction of sp³-hybridized carbons (Fsp3) is 0.0833. The predicted molar refractivity (Wildman–Crippen MR) is 73.6 cm³/mol. The van der Waals surface area contributed by atoms with Crippen molar-refractivity contribution in [2.24, 2.45) is 0 Å². The molecular weight excluding hydrogens is 335 g/mol. The molecule has 0 bridgehead atoms. The Morgan fingerprint density at radius 1 is 1.26 bits per heavy atom. The van der Waals surface area contributed by atoms with E-state index >= 15 is 0 Å². The van der Waals surface area contributed by atoms with E-state index in [2.05, 4.69) is 31.1 Å². The Labute approximate surface area is 121 Å². The van der Waals surface area contributed by atoms with Gasteiger partial charge >= 0.3 is 0 Å². The highest BCUT2D eigenvalue weighted by Gasteiger charge is 2.13. The minimum absolute atomic E-state index is 0.324. The summed E-state index contributed by atoms with van der Waals surface area (Å²) in [7, 11) is 0. The number of nitrogens with zero attached hydrogens (tertiary/aromatic N) is 4. The van der Waals surface area contributed by atoms with Crippen LogP contribution in [0.1, 0.15) is 5.82 Å². The molecule has 2 aromatic heterocycles. The highest BCUT2D eigenvalue weighted by molar-refractivity contribution is 9.10. The minimum Gasteiger partial charge on any atom is -0.263 e. The highest BCUT2D eigenvalue weighted by atomic mass is 79.9. The van der Waals surface area contributed by atoms with Gasteiger partial charge in [-0.25, -0.2) is 9.37 Å². The van der Waals surface area contributed by atoms with Gasteiger partial charge in [0, 0.05) is 11.6 Å². The topological polar surface area (TPSA) is 43.1 Å². The molecule has 0 spiro atoms. The summed E-state index contributed by atoms with van der Waals surface area (Å²) in [5.74, 6) is 0.941. The molecule has 0 N–H and O–H groups in total. The molecule has 4 nitrogen and oxygen atoms in total. The largest absolute Gasteiger partial charge is 0.263 e. The molecule has 0 saturated carbocycles. The zero-order valence-electron chi connectivity index (χ0n) is 9.73. The fourth-order valence-electron chi connectivity index (χ4n) is 1.87. The first-order chi connectivity index (χ1) is 9.06. The van der Waals surface area contributed by atoms with Gasteiger partial charge in [0.05, 0.1) is 4.47 Å². The van der Waals surface area contributed by atoms with Gasteiger partial charge in [0.1, 0.15) is 16.8 Å². The molecule has 0 fully saturated rings. The Hall–Kier alpha value is -1.53. The normalized spacial score (nSPS) is 11.2. The van der Waals surface area contributed by atoms with Gasteiger partial charge in [0.25, 0.3) is 0 Å². The van der Waals surface area contributed by atoms with Gasteiger partial charge < -0.3 is 0 Å². The van der Waals surface area contributed by atoms with E-state index in [-0.39, 0.29) is 5.82 Å². The van der Waals surface area contributed by atoms with Crippen molar-refractivity contribution in [3.05, 3.63) is 45.5 Å². The van der Waals surface area contributed by atoms with Crippen molar-refractivity contribution in [3.63, 3.8) is 0 Å². The quantitative estimate of drug-likeness (QED) is 0.635. The van der Waals surface area contributed by atoms with Gasteiger partial charge in [-0.1, -0.05) is 11.6 Å². The number of rotatable bonds is 1. The van der Waals surface area contributed by atoms with Gasteiger partial charge in [-0.05, 0) is 41.1 Å². The van der Waals surface area contributed by atoms with Gasteiger partial charge in [-0.2, -0.15) is 0 Å². The average Bonchev–Trinajstić information content (AvgIpc) is 2.76. The number of halogens is 3. The lowest BCUT2D eigenvalue weighted by Gasteiger charge is -2.04. The number of fused-ring (bicyclic) bond motifs is 1. The van der Waals surface area contributed by atoms with Gasteiger partial charge in [0.15, 0.2) is 11.5 Å². The Bertz CT molecular complexity index is 787. The zero-order valence-corrected chi connectivity index (χ0v) is 12.1. The Morgan fingerprint density at radius 3 is 2.79 bits per heavy atom. The maximum absolute atomic E-state index is 13.3. The Balaban J connectivity index is 2.28. The molecular formula is C12H7BrClFN4. The first kappa shape index (κ1) is 12.5. The van der Waals surface area contributed by atoms with Crippen molar-refractivity contribution in [2.45, 2.75) is 6.92 Å². The van der Waals surface area contributed by atoms with E-state index in [9.17, 15) is 4.39 Å². The molecule has 3 aromatic rings. The maximum atomic E-state index is 13.3. The number of hydrogen-bond acceptors (Lipinski definition) is 3. The summed E-state index contributed by atoms with van der Waals surface area (Å²) < 4.78 is 15.4. The van der Waals surface area contributed by atoms with Crippen molar-refractivity contribution < 1.29 is 4.39 Å². The minimum atomic E-state index is -0.324. The van der Waals surface area contributed by atoms with Crippen molar-refractivity contribution in [2.75, 3.05) is 0 Å². The third-order valence-electron chi connectivity index (χ3n) is 2.71. The van der Waals surface area contributed by atoms with Gasteiger partial charge in [-0.3, -0.25) is 4.40 Å². The van der Waals surface area contributed by atoms with Crippen LogP contribution in [0.3, 0.4) is 0 Å². The van der Waals surface area contributed by atoms with Crippen LogP contribution >= 0.6 is 27.5 Å². The first-order valence-electron chi connectivity index (χ1n) is 5.40. The maximum Gasteiger partial charge on any atom is 0.169 e. The third-order valence-corrected chi connectivity index (χ3v) is 3.51. The lowest BCUT2D eigenvalue weighted by molar-refractivity contribution is 0.621. The van der Waals surface area contributed by atoms with Crippen molar-refractivity contribution in [1.29, 1.82) is 0 Å². The van der Waals surface area contributed by atoms with Crippen LogP contribution in [-0.2, 0) is 0 Å². The highest BCUT2D eigenvalue weighted by Crippen LogP contribution is 2.25. The van der Waals surface area contributed by atoms with E-state index in [1.54, 1.807) is 22.6 Å². The van der Waals surface area contributed by atoms with E-state index < -0.39 is 0 Å². The molecule has 0 amide bonds. The van der Waals surface area contributed by atoms with Crippen LogP contribution in [0, 0.1) is 12.7 Å². The van der Waals surface area contributed by atoms with Gasteiger partial charge in [0.2, 0.25) is 0 Å². The molecule has 0 saturated heterocycles. The molecule has 96 valence electrons. The second-order valence-corrected chi connectivity index (χ2v) is 5.21. The zero-order chi connectivity index (χ0) is 13.6. The van der Waals surface area contributed by atoms with Crippen LogP contribution in [0.25, 0.3) is 17.0 Å². The van der Waals surface area contributed by atoms with E-state index in [0.29, 0.717) is 26.9 Å². The van der Waals surface area contributed by atoms with E-state index in [4.69, 9.17) is 11.6 Å². The Kier molecular flexibility index (Phi) is 2.99. The molecule has 1 aromatic carbocycles.